The highest BCUT2D eigenvalue weighted by Crippen LogP contribution is 2.35. The maximum absolute atomic E-state index is 5.29. The monoisotopic (exact) mass is 500 g/mol. The van der Waals surface area contributed by atoms with Gasteiger partial charge in [0.05, 0.1) is 27.8 Å². The maximum atomic E-state index is 5.29. The van der Waals surface area contributed by atoms with Gasteiger partial charge in [-0.05, 0) is 36.8 Å². The average molecular weight is 501 g/mol. The molecule has 0 bridgehead atoms. The van der Waals surface area contributed by atoms with Crippen molar-refractivity contribution in [1.82, 2.24) is 19.1 Å². The van der Waals surface area contributed by atoms with Crippen LogP contribution in [0.3, 0.4) is 0 Å². The summed E-state index contributed by atoms with van der Waals surface area (Å²) in [5.74, 6) is 1.50. The number of hydrogen-bond donors (Lipinski definition) is 0. The quantitative estimate of drug-likeness (QED) is 0.243. The molecule has 4 nitrogen and oxygen atoms in total. The van der Waals surface area contributed by atoms with Gasteiger partial charge in [0.2, 0.25) is 5.95 Å². The highest BCUT2D eigenvalue weighted by atomic mass is 15.2. The number of para-hydroxylation sites is 4. The SMILES string of the molecule is Cc1ccccc1-c1cc(-n2c3ccccc3c3ccccc32)nc(-n2c3ccccc3c3ccccc32)n1. The third-order valence-electron chi connectivity index (χ3n) is 7.71. The summed E-state index contributed by atoms with van der Waals surface area (Å²) in [5, 5.41) is 4.80. The molecule has 0 N–H and O–H groups in total. The van der Waals surface area contributed by atoms with Gasteiger partial charge in [0.25, 0.3) is 0 Å². The van der Waals surface area contributed by atoms with E-state index in [9.17, 15) is 0 Å². The second-order valence-electron chi connectivity index (χ2n) is 9.97. The van der Waals surface area contributed by atoms with Crippen LogP contribution < -0.4 is 0 Å². The summed E-state index contributed by atoms with van der Waals surface area (Å²) in [6.45, 7) is 2.14. The molecule has 8 rings (SSSR count). The fourth-order valence-electron chi connectivity index (χ4n) is 5.94. The molecule has 3 heterocycles. The van der Waals surface area contributed by atoms with Crippen LogP contribution in [0.25, 0.3) is 66.6 Å². The Morgan fingerprint density at radius 2 is 0.897 bits per heavy atom. The highest BCUT2D eigenvalue weighted by Gasteiger charge is 2.19. The number of benzene rings is 5. The van der Waals surface area contributed by atoms with Crippen LogP contribution in [0.2, 0.25) is 0 Å². The predicted octanol–water partition coefficient (Wildman–Crippen LogP) is 8.65. The van der Waals surface area contributed by atoms with Gasteiger partial charge in [-0.15, -0.1) is 0 Å². The Hall–Kier alpha value is -5.22. The van der Waals surface area contributed by atoms with E-state index in [1.165, 1.54) is 27.1 Å². The lowest BCUT2D eigenvalue weighted by molar-refractivity contribution is 0.951. The van der Waals surface area contributed by atoms with Crippen LogP contribution >= 0.6 is 0 Å². The van der Waals surface area contributed by atoms with E-state index in [1.807, 2.05) is 0 Å². The summed E-state index contributed by atoms with van der Waals surface area (Å²) in [5.41, 5.74) is 7.61. The van der Waals surface area contributed by atoms with Gasteiger partial charge < -0.3 is 0 Å². The molecule has 39 heavy (non-hydrogen) atoms. The first kappa shape index (κ1) is 21.8. The zero-order valence-electron chi connectivity index (χ0n) is 21.4. The number of nitrogens with zero attached hydrogens (tertiary/aromatic N) is 4. The van der Waals surface area contributed by atoms with Gasteiger partial charge >= 0.3 is 0 Å². The molecule has 184 valence electrons. The van der Waals surface area contributed by atoms with Crippen molar-refractivity contribution in [2.24, 2.45) is 0 Å². The zero-order valence-corrected chi connectivity index (χ0v) is 21.4. The first-order valence-electron chi connectivity index (χ1n) is 13.2. The highest BCUT2D eigenvalue weighted by molar-refractivity contribution is 6.10. The van der Waals surface area contributed by atoms with Gasteiger partial charge in [-0.2, -0.15) is 4.98 Å². The molecule has 0 radical (unpaired) electrons. The van der Waals surface area contributed by atoms with E-state index >= 15 is 0 Å². The summed E-state index contributed by atoms with van der Waals surface area (Å²) < 4.78 is 4.47. The number of aryl methyl sites for hydroxylation is 1. The lowest BCUT2D eigenvalue weighted by Crippen LogP contribution is -2.07. The molecule has 0 atom stereocenters. The Morgan fingerprint density at radius 3 is 1.41 bits per heavy atom. The minimum Gasteiger partial charge on any atom is -0.294 e. The summed E-state index contributed by atoms with van der Waals surface area (Å²) >= 11 is 0. The van der Waals surface area contributed by atoms with Gasteiger partial charge in [0, 0.05) is 33.2 Å². The molecule has 0 spiro atoms. The van der Waals surface area contributed by atoms with Crippen molar-refractivity contribution < 1.29 is 0 Å². The number of aromatic nitrogens is 4. The van der Waals surface area contributed by atoms with Gasteiger partial charge in [-0.3, -0.25) is 9.13 Å². The average Bonchev–Trinajstić information content (AvgIpc) is 3.50. The normalized spacial score (nSPS) is 11.7. The smallest absolute Gasteiger partial charge is 0.237 e. The van der Waals surface area contributed by atoms with E-state index in [1.54, 1.807) is 0 Å². The molecule has 0 saturated heterocycles. The Balaban J connectivity index is 1.52. The largest absolute Gasteiger partial charge is 0.294 e. The Labute approximate surface area is 225 Å². The van der Waals surface area contributed by atoms with Crippen LogP contribution in [-0.2, 0) is 0 Å². The predicted molar refractivity (Wildman–Crippen MR) is 161 cm³/mol. The molecule has 0 saturated carbocycles. The first-order chi connectivity index (χ1) is 19.3. The van der Waals surface area contributed by atoms with Crippen molar-refractivity contribution in [2.45, 2.75) is 6.92 Å². The lowest BCUT2D eigenvalue weighted by atomic mass is 10.1. The van der Waals surface area contributed by atoms with Gasteiger partial charge in [-0.1, -0.05) is 97.1 Å². The fraction of sp³-hybridized carbons (Fsp3) is 0.0286. The van der Waals surface area contributed by atoms with Crippen molar-refractivity contribution >= 4 is 43.6 Å². The third kappa shape index (κ3) is 3.25. The van der Waals surface area contributed by atoms with E-state index in [4.69, 9.17) is 9.97 Å². The number of fused-ring (bicyclic) bond motifs is 6. The summed E-state index contributed by atoms with van der Waals surface area (Å²) in [4.78, 5) is 10.5. The maximum Gasteiger partial charge on any atom is 0.237 e. The van der Waals surface area contributed by atoms with Crippen LogP contribution in [0, 0.1) is 6.92 Å². The Kier molecular flexibility index (Phi) is 4.70. The standard InChI is InChI=1S/C35H24N4/c1-23-12-2-3-13-24(23)29-22-34(38-30-18-8-4-14-25(30)26-15-5-9-19-31(26)38)37-35(36-29)39-32-20-10-6-16-27(32)28-17-7-11-21-33(28)39/h2-22H,1H3. The molecule has 0 fully saturated rings. The molecule has 8 aromatic rings. The number of rotatable bonds is 3. The summed E-state index contributed by atoms with van der Waals surface area (Å²) in [7, 11) is 0. The minimum absolute atomic E-state index is 0.657. The fourth-order valence-corrected chi connectivity index (χ4v) is 5.94. The molecule has 0 unspecified atom stereocenters. The third-order valence-corrected chi connectivity index (χ3v) is 7.71. The Bertz CT molecular complexity index is 1960. The van der Waals surface area contributed by atoms with E-state index in [-0.39, 0.29) is 0 Å². The molecule has 4 heteroatoms. The summed E-state index contributed by atoms with van der Waals surface area (Å²) in [6.07, 6.45) is 0. The molecule has 5 aromatic carbocycles. The van der Waals surface area contributed by atoms with Crippen molar-refractivity contribution in [3.63, 3.8) is 0 Å². The zero-order chi connectivity index (χ0) is 25.9. The van der Waals surface area contributed by atoms with Crippen LogP contribution in [0.1, 0.15) is 5.56 Å². The minimum atomic E-state index is 0.657. The van der Waals surface area contributed by atoms with Crippen LogP contribution in [0.4, 0.5) is 0 Å². The van der Waals surface area contributed by atoms with Crippen molar-refractivity contribution in [1.29, 1.82) is 0 Å². The van der Waals surface area contributed by atoms with Gasteiger partial charge in [-0.25, -0.2) is 4.98 Å². The van der Waals surface area contributed by atoms with E-state index in [2.05, 4.69) is 143 Å². The van der Waals surface area contributed by atoms with E-state index < -0.39 is 0 Å². The Morgan fingerprint density at radius 1 is 0.462 bits per heavy atom. The molecule has 0 amide bonds. The summed E-state index contributed by atoms with van der Waals surface area (Å²) in [6, 6.07) is 44.6. The van der Waals surface area contributed by atoms with Crippen molar-refractivity contribution in [2.75, 3.05) is 0 Å². The van der Waals surface area contributed by atoms with Crippen molar-refractivity contribution in [3.05, 3.63) is 133 Å². The molecule has 0 aliphatic carbocycles. The van der Waals surface area contributed by atoms with E-state index in [0.29, 0.717) is 5.95 Å². The van der Waals surface area contributed by atoms with Crippen LogP contribution in [0.5, 0.6) is 0 Å². The van der Waals surface area contributed by atoms with Crippen LogP contribution in [0.15, 0.2) is 127 Å². The van der Waals surface area contributed by atoms with E-state index in [0.717, 1.165) is 39.1 Å². The van der Waals surface area contributed by atoms with Gasteiger partial charge in [0.15, 0.2) is 0 Å². The molecular formula is C35H24N4. The van der Waals surface area contributed by atoms with Gasteiger partial charge in [0.1, 0.15) is 5.82 Å². The lowest BCUT2D eigenvalue weighted by Gasteiger charge is -2.14. The molecule has 0 aliphatic rings. The molecular weight excluding hydrogens is 476 g/mol. The first-order valence-corrected chi connectivity index (χ1v) is 13.2. The second kappa shape index (κ2) is 8.40. The molecule has 0 aliphatic heterocycles. The second-order valence-corrected chi connectivity index (χ2v) is 9.97. The number of hydrogen-bond acceptors (Lipinski definition) is 2. The molecule has 3 aromatic heterocycles. The topological polar surface area (TPSA) is 35.6 Å². The van der Waals surface area contributed by atoms with Crippen LogP contribution in [-0.4, -0.2) is 19.1 Å². The van der Waals surface area contributed by atoms with Crippen molar-refractivity contribution in [3.8, 4) is 23.0 Å².